The lowest BCUT2D eigenvalue weighted by Crippen LogP contribution is -2.47. The number of aryl methyl sites for hydroxylation is 1. The molecule has 0 N–H and O–H groups in total. The second kappa shape index (κ2) is 6.60. The van der Waals surface area contributed by atoms with E-state index in [9.17, 15) is 0 Å². The number of ether oxygens (including phenoxy) is 2. The van der Waals surface area contributed by atoms with E-state index in [1.165, 1.54) is 0 Å². The fourth-order valence-corrected chi connectivity index (χ4v) is 2.39. The maximum Gasteiger partial charge on any atom is 0.123 e. The van der Waals surface area contributed by atoms with Crippen LogP contribution >= 0.6 is 11.6 Å². The molecule has 4 heteroatoms. The van der Waals surface area contributed by atoms with Crippen LogP contribution in [0.1, 0.15) is 19.4 Å². The quantitative estimate of drug-likeness (QED) is 0.847. The van der Waals surface area contributed by atoms with E-state index in [-0.39, 0.29) is 6.10 Å². The second-order valence-corrected chi connectivity index (χ2v) is 5.74. The first-order valence-corrected chi connectivity index (χ1v) is 7.18. The van der Waals surface area contributed by atoms with Gasteiger partial charge in [0.2, 0.25) is 0 Å². The van der Waals surface area contributed by atoms with Gasteiger partial charge in [-0.2, -0.15) is 0 Å². The van der Waals surface area contributed by atoms with Crippen molar-refractivity contribution in [3.05, 3.63) is 28.8 Å². The normalized spacial score (nSPS) is 20.8. The lowest BCUT2D eigenvalue weighted by Gasteiger charge is -2.35. The van der Waals surface area contributed by atoms with E-state index in [1.807, 2.05) is 25.1 Å². The van der Waals surface area contributed by atoms with E-state index < -0.39 is 0 Å². The summed E-state index contributed by atoms with van der Waals surface area (Å²) in [4.78, 5) is 2.42. The average Bonchev–Trinajstić information content (AvgIpc) is 2.40. The smallest absolute Gasteiger partial charge is 0.123 e. The van der Waals surface area contributed by atoms with E-state index in [1.54, 1.807) is 0 Å². The Bertz CT molecular complexity index is 423. The maximum atomic E-state index is 5.98. The standard InChI is InChI=1S/C15H22ClNO2/c1-11(2)17-6-7-18-14(9-17)10-19-15-8-13(16)5-4-12(15)3/h4-5,8,11,14H,6-7,9-10H2,1-3H3. The molecule has 0 radical (unpaired) electrons. The Hall–Kier alpha value is -0.770. The zero-order valence-electron chi connectivity index (χ0n) is 11.9. The molecule has 1 aromatic carbocycles. The molecule has 0 saturated carbocycles. The molecule has 0 aliphatic carbocycles. The first-order valence-electron chi connectivity index (χ1n) is 6.81. The Morgan fingerprint density at radius 1 is 1.47 bits per heavy atom. The fraction of sp³-hybridized carbons (Fsp3) is 0.600. The van der Waals surface area contributed by atoms with Gasteiger partial charge < -0.3 is 9.47 Å². The molecule has 0 spiro atoms. The van der Waals surface area contributed by atoms with Crippen molar-refractivity contribution in [2.75, 3.05) is 26.3 Å². The zero-order chi connectivity index (χ0) is 13.8. The van der Waals surface area contributed by atoms with Gasteiger partial charge in [-0.3, -0.25) is 4.90 Å². The van der Waals surface area contributed by atoms with Crippen molar-refractivity contribution in [3.63, 3.8) is 0 Å². The third-order valence-electron chi connectivity index (χ3n) is 3.48. The lowest BCUT2D eigenvalue weighted by atomic mass is 10.2. The van der Waals surface area contributed by atoms with Crippen LogP contribution in [-0.4, -0.2) is 43.3 Å². The summed E-state index contributed by atoms with van der Waals surface area (Å²) in [5, 5.41) is 0.703. The summed E-state index contributed by atoms with van der Waals surface area (Å²) >= 11 is 5.98. The number of halogens is 1. The number of hydrogen-bond donors (Lipinski definition) is 0. The predicted octanol–water partition coefficient (Wildman–Crippen LogP) is 3.14. The largest absolute Gasteiger partial charge is 0.491 e. The van der Waals surface area contributed by atoms with Crippen LogP contribution in [0.2, 0.25) is 5.02 Å². The van der Waals surface area contributed by atoms with Crippen molar-refractivity contribution in [2.45, 2.75) is 32.9 Å². The van der Waals surface area contributed by atoms with Crippen LogP contribution in [0.5, 0.6) is 5.75 Å². The Balaban J connectivity index is 1.89. The first-order chi connectivity index (χ1) is 9.06. The molecule has 0 aromatic heterocycles. The van der Waals surface area contributed by atoms with Gasteiger partial charge in [0, 0.05) is 24.2 Å². The van der Waals surface area contributed by atoms with Gasteiger partial charge in [0.25, 0.3) is 0 Å². The molecule has 1 heterocycles. The highest BCUT2D eigenvalue weighted by Gasteiger charge is 2.22. The number of benzene rings is 1. The molecule has 1 aliphatic heterocycles. The molecule has 0 amide bonds. The molecular formula is C15H22ClNO2. The van der Waals surface area contributed by atoms with Crippen LogP contribution in [0.25, 0.3) is 0 Å². The predicted molar refractivity (Wildman–Crippen MR) is 78.1 cm³/mol. The van der Waals surface area contributed by atoms with Gasteiger partial charge in [0.15, 0.2) is 0 Å². The molecular weight excluding hydrogens is 262 g/mol. The highest BCUT2D eigenvalue weighted by molar-refractivity contribution is 6.30. The van der Waals surface area contributed by atoms with Crippen molar-refractivity contribution in [2.24, 2.45) is 0 Å². The Kier molecular flexibility index (Phi) is 5.08. The van der Waals surface area contributed by atoms with Gasteiger partial charge in [-0.15, -0.1) is 0 Å². The Morgan fingerprint density at radius 3 is 3.00 bits per heavy atom. The van der Waals surface area contributed by atoms with E-state index in [2.05, 4.69) is 18.7 Å². The Labute approximate surface area is 120 Å². The summed E-state index contributed by atoms with van der Waals surface area (Å²) in [6.45, 7) is 9.73. The molecule has 1 aliphatic rings. The molecule has 19 heavy (non-hydrogen) atoms. The summed E-state index contributed by atoms with van der Waals surface area (Å²) < 4.78 is 11.6. The SMILES string of the molecule is Cc1ccc(Cl)cc1OCC1CN(C(C)C)CCO1. The lowest BCUT2D eigenvalue weighted by molar-refractivity contribution is -0.0565. The van der Waals surface area contributed by atoms with Crippen molar-refractivity contribution in [1.82, 2.24) is 4.90 Å². The number of nitrogens with zero attached hydrogens (tertiary/aromatic N) is 1. The molecule has 1 fully saturated rings. The molecule has 2 rings (SSSR count). The van der Waals surface area contributed by atoms with Crippen LogP contribution in [0.3, 0.4) is 0 Å². The van der Waals surface area contributed by atoms with Crippen molar-refractivity contribution >= 4 is 11.6 Å². The van der Waals surface area contributed by atoms with Crippen LogP contribution in [0, 0.1) is 6.92 Å². The van der Waals surface area contributed by atoms with E-state index >= 15 is 0 Å². The van der Waals surface area contributed by atoms with Gasteiger partial charge in [-0.25, -0.2) is 0 Å². The molecule has 1 saturated heterocycles. The van der Waals surface area contributed by atoms with Gasteiger partial charge >= 0.3 is 0 Å². The first kappa shape index (κ1) is 14.6. The van der Waals surface area contributed by atoms with Gasteiger partial charge in [-0.1, -0.05) is 17.7 Å². The maximum absolute atomic E-state index is 5.98. The van der Waals surface area contributed by atoms with Crippen molar-refractivity contribution in [1.29, 1.82) is 0 Å². The third kappa shape index (κ3) is 4.10. The summed E-state index contributed by atoms with van der Waals surface area (Å²) in [5.41, 5.74) is 1.10. The molecule has 0 bridgehead atoms. The molecule has 1 unspecified atom stereocenters. The average molecular weight is 284 g/mol. The minimum atomic E-state index is 0.134. The van der Waals surface area contributed by atoms with Crippen LogP contribution < -0.4 is 4.74 Å². The van der Waals surface area contributed by atoms with Gasteiger partial charge in [-0.05, 0) is 38.5 Å². The van der Waals surface area contributed by atoms with Crippen molar-refractivity contribution in [3.8, 4) is 5.75 Å². The Morgan fingerprint density at radius 2 is 2.26 bits per heavy atom. The van der Waals surface area contributed by atoms with Crippen LogP contribution in [-0.2, 0) is 4.74 Å². The highest BCUT2D eigenvalue weighted by Crippen LogP contribution is 2.23. The number of rotatable bonds is 4. The summed E-state index contributed by atoms with van der Waals surface area (Å²) in [5.74, 6) is 0.845. The van der Waals surface area contributed by atoms with Gasteiger partial charge in [0.05, 0.1) is 6.61 Å². The van der Waals surface area contributed by atoms with Crippen molar-refractivity contribution < 1.29 is 9.47 Å². The topological polar surface area (TPSA) is 21.7 Å². The molecule has 1 aromatic rings. The number of hydrogen-bond acceptors (Lipinski definition) is 3. The highest BCUT2D eigenvalue weighted by atomic mass is 35.5. The van der Waals surface area contributed by atoms with Gasteiger partial charge in [0.1, 0.15) is 18.5 Å². The van der Waals surface area contributed by atoms with Crippen LogP contribution in [0.4, 0.5) is 0 Å². The second-order valence-electron chi connectivity index (χ2n) is 5.30. The van der Waals surface area contributed by atoms with E-state index in [0.29, 0.717) is 17.7 Å². The summed E-state index contributed by atoms with van der Waals surface area (Å²) in [6, 6.07) is 6.26. The zero-order valence-corrected chi connectivity index (χ0v) is 12.6. The fourth-order valence-electron chi connectivity index (χ4n) is 2.22. The van der Waals surface area contributed by atoms with Crippen LogP contribution in [0.15, 0.2) is 18.2 Å². The summed E-state index contributed by atoms with van der Waals surface area (Å²) in [6.07, 6.45) is 0.134. The number of morpholine rings is 1. The van der Waals surface area contributed by atoms with E-state index in [0.717, 1.165) is 31.0 Å². The monoisotopic (exact) mass is 283 g/mol. The third-order valence-corrected chi connectivity index (χ3v) is 3.71. The summed E-state index contributed by atoms with van der Waals surface area (Å²) in [7, 11) is 0. The molecule has 1 atom stereocenters. The van der Waals surface area contributed by atoms with E-state index in [4.69, 9.17) is 21.1 Å². The molecule has 3 nitrogen and oxygen atoms in total. The minimum Gasteiger partial charge on any atom is -0.491 e. The molecule has 106 valence electrons. The minimum absolute atomic E-state index is 0.134.